The van der Waals surface area contributed by atoms with Gasteiger partial charge in [-0.1, -0.05) is 0 Å². The van der Waals surface area contributed by atoms with Gasteiger partial charge in [0.1, 0.15) is 16.9 Å². The van der Waals surface area contributed by atoms with E-state index < -0.39 is 23.7 Å². The van der Waals surface area contributed by atoms with Gasteiger partial charge in [0, 0.05) is 12.8 Å². The summed E-state index contributed by atoms with van der Waals surface area (Å²) in [6.45, 7) is 4.03. The van der Waals surface area contributed by atoms with Crippen LogP contribution in [-0.4, -0.2) is 29.2 Å². The number of carbonyl (C=O) groups is 1. The third kappa shape index (κ3) is 3.34. The van der Waals surface area contributed by atoms with Crippen LogP contribution in [0.2, 0.25) is 0 Å². The summed E-state index contributed by atoms with van der Waals surface area (Å²) in [7, 11) is 0. The van der Waals surface area contributed by atoms with Crippen LogP contribution in [0.4, 0.5) is 8.78 Å². The molecule has 0 bridgehead atoms. The summed E-state index contributed by atoms with van der Waals surface area (Å²) in [5.74, 6) is -0.653. The number of esters is 1. The molecule has 1 saturated heterocycles. The quantitative estimate of drug-likeness (QED) is 0.800. The number of ether oxygens (including phenoxy) is 2. The van der Waals surface area contributed by atoms with E-state index in [1.165, 1.54) is 0 Å². The summed E-state index contributed by atoms with van der Waals surface area (Å²) in [4.78, 5) is 19.6. The maximum atomic E-state index is 13.2. The highest BCUT2D eigenvalue weighted by molar-refractivity contribution is 5.90. The van der Waals surface area contributed by atoms with Gasteiger partial charge < -0.3 is 9.47 Å². The van der Waals surface area contributed by atoms with Gasteiger partial charge in [0.25, 0.3) is 6.43 Å². The predicted octanol–water partition coefficient (Wildman–Crippen LogP) is 3.01. The molecule has 116 valence electrons. The normalized spacial score (nSPS) is 22.3. The van der Waals surface area contributed by atoms with E-state index in [0.29, 0.717) is 13.0 Å². The fraction of sp³-hybridized carbons (Fsp3) is 0.643. The zero-order valence-corrected chi connectivity index (χ0v) is 12.1. The summed E-state index contributed by atoms with van der Waals surface area (Å²) >= 11 is 0. The van der Waals surface area contributed by atoms with Crippen molar-refractivity contribution in [3.05, 3.63) is 23.3 Å². The Labute approximate surface area is 121 Å². The molecule has 2 rings (SSSR count). The van der Waals surface area contributed by atoms with Gasteiger partial charge in [-0.2, -0.15) is 0 Å². The summed E-state index contributed by atoms with van der Waals surface area (Å²) in [6.07, 6.45) is 0.736. The molecule has 5 nitrogen and oxygen atoms in total. The van der Waals surface area contributed by atoms with Crippen LogP contribution >= 0.6 is 0 Å². The molecule has 1 aromatic rings. The Bertz CT molecular complexity index is 517. The van der Waals surface area contributed by atoms with Crippen LogP contribution < -0.4 is 0 Å². The maximum absolute atomic E-state index is 13.2. The first-order valence-electron chi connectivity index (χ1n) is 6.94. The zero-order valence-electron chi connectivity index (χ0n) is 12.1. The molecule has 7 heteroatoms. The summed E-state index contributed by atoms with van der Waals surface area (Å²) in [5, 5.41) is 0. The number of alkyl halides is 2. The summed E-state index contributed by atoms with van der Waals surface area (Å²) < 4.78 is 36.7. The Hall–Kier alpha value is -1.63. The fourth-order valence-corrected chi connectivity index (χ4v) is 2.29. The van der Waals surface area contributed by atoms with Crippen molar-refractivity contribution in [1.29, 1.82) is 0 Å². The van der Waals surface area contributed by atoms with Crippen molar-refractivity contribution < 1.29 is 23.0 Å². The lowest BCUT2D eigenvalue weighted by molar-refractivity contribution is -0.0764. The molecule has 0 spiro atoms. The molecule has 0 N–H and O–H groups in total. The first-order chi connectivity index (χ1) is 9.98. The number of hydrogen-bond acceptors (Lipinski definition) is 5. The Morgan fingerprint density at radius 2 is 2.29 bits per heavy atom. The molecular weight excluding hydrogens is 282 g/mol. The second-order valence-corrected chi connectivity index (χ2v) is 5.05. The van der Waals surface area contributed by atoms with E-state index in [1.54, 1.807) is 13.8 Å². The van der Waals surface area contributed by atoms with Crippen molar-refractivity contribution in [2.24, 2.45) is 0 Å². The van der Waals surface area contributed by atoms with Crippen molar-refractivity contribution in [1.82, 2.24) is 9.97 Å². The van der Waals surface area contributed by atoms with Crippen molar-refractivity contribution in [3.8, 4) is 0 Å². The number of halogens is 2. The van der Waals surface area contributed by atoms with Gasteiger partial charge in [0.05, 0.1) is 6.61 Å². The second kappa shape index (κ2) is 6.43. The van der Waals surface area contributed by atoms with Crippen LogP contribution in [0.25, 0.3) is 0 Å². The van der Waals surface area contributed by atoms with Gasteiger partial charge in [0.2, 0.25) is 0 Å². The van der Waals surface area contributed by atoms with Crippen molar-refractivity contribution in [2.45, 2.75) is 45.1 Å². The Morgan fingerprint density at radius 1 is 1.52 bits per heavy atom. The molecule has 0 saturated carbocycles. The standard InChI is InChI=1S/C14H18F2N2O3/c1-3-20-12(19)9-8-17-13(18-10(9)11(15)16)14(2)6-4-5-7-21-14/h8,11H,3-7H2,1-2H3. The molecule has 1 aliphatic rings. The second-order valence-electron chi connectivity index (χ2n) is 5.05. The van der Waals surface area contributed by atoms with Gasteiger partial charge in [-0.3, -0.25) is 0 Å². The fourth-order valence-electron chi connectivity index (χ4n) is 2.29. The average molecular weight is 300 g/mol. The van der Waals surface area contributed by atoms with Crippen LogP contribution in [0.15, 0.2) is 6.20 Å². The van der Waals surface area contributed by atoms with Gasteiger partial charge in [-0.25, -0.2) is 23.5 Å². The first kappa shape index (κ1) is 15.8. The topological polar surface area (TPSA) is 61.3 Å². The van der Waals surface area contributed by atoms with E-state index in [0.717, 1.165) is 19.0 Å². The van der Waals surface area contributed by atoms with Gasteiger partial charge in [-0.15, -0.1) is 0 Å². The highest BCUT2D eigenvalue weighted by Gasteiger charge is 2.35. The van der Waals surface area contributed by atoms with Crippen LogP contribution in [0.1, 0.15) is 61.4 Å². The van der Waals surface area contributed by atoms with Crippen LogP contribution in [0.5, 0.6) is 0 Å². The van der Waals surface area contributed by atoms with Crippen molar-refractivity contribution in [2.75, 3.05) is 13.2 Å². The highest BCUT2D eigenvalue weighted by Crippen LogP contribution is 2.33. The number of aromatic nitrogens is 2. The minimum absolute atomic E-state index is 0.101. The molecular formula is C14H18F2N2O3. The minimum Gasteiger partial charge on any atom is -0.462 e. The lowest BCUT2D eigenvalue weighted by atomic mass is 9.95. The van der Waals surface area contributed by atoms with Crippen LogP contribution in [0.3, 0.4) is 0 Å². The summed E-state index contributed by atoms with van der Waals surface area (Å²) in [5.41, 5.74) is -1.68. The van der Waals surface area contributed by atoms with Gasteiger partial charge in [0.15, 0.2) is 5.82 Å². The number of rotatable bonds is 4. The largest absolute Gasteiger partial charge is 0.462 e. The maximum Gasteiger partial charge on any atom is 0.341 e. The zero-order chi connectivity index (χ0) is 15.5. The van der Waals surface area contributed by atoms with E-state index in [9.17, 15) is 13.6 Å². The molecule has 0 amide bonds. The molecule has 1 atom stereocenters. The van der Waals surface area contributed by atoms with E-state index in [2.05, 4.69) is 9.97 Å². The third-order valence-corrected chi connectivity index (χ3v) is 3.46. The van der Waals surface area contributed by atoms with E-state index in [-0.39, 0.29) is 18.0 Å². The van der Waals surface area contributed by atoms with Gasteiger partial charge in [-0.05, 0) is 33.1 Å². The molecule has 1 aromatic heterocycles. The lowest BCUT2D eigenvalue weighted by Crippen LogP contribution is -2.33. The summed E-state index contributed by atoms with van der Waals surface area (Å²) in [6, 6.07) is 0. The van der Waals surface area contributed by atoms with Crippen molar-refractivity contribution >= 4 is 5.97 Å². The SMILES string of the molecule is CCOC(=O)c1cnc(C2(C)CCCCO2)nc1C(F)F. The monoisotopic (exact) mass is 300 g/mol. The molecule has 0 aromatic carbocycles. The first-order valence-corrected chi connectivity index (χ1v) is 6.94. The van der Waals surface area contributed by atoms with E-state index in [1.807, 2.05) is 0 Å². The Kier molecular flexibility index (Phi) is 4.82. The minimum atomic E-state index is -2.88. The number of hydrogen-bond donors (Lipinski definition) is 0. The molecule has 1 aliphatic heterocycles. The van der Waals surface area contributed by atoms with E-state index >= 15 is 0 Å². The van der Waals surface area contributed by atoms with Crippen LogP contribution in [-0.2, 0) is 15.1 Å². The number of carbonyl (C=O) groups excluding carboxylic acids is 1. The smallest absolute Gasteiger partial charge is 0.341 e. The molecule has 0 radical (unpaired) electrons. The molecule has 1 fully saturated rings. The Morgan fingerprint density at radius 3 is 2.86 bits per heavy atom. The predicted molar refractivity (Wildman–Crippen MR) is 70.1 cm³/mol. The van der Waals surface area contributed by atoms with Crippen molar-refractivity contribution in [3.63, 3.8) is 0 Å². The van der Waals surface area contributed by atoms with E-state index in [4.69, 9.17) is 9.47 Å². The molecule has 2 heterocycles. The molecule has 21 heavy (non-hydrogen) atoms. The Balaban J connectivity index is 2.38. The third-order valence-electron chi connectivity index (χ3n) is 3.46. The molecule has 1 unspecified atom stereocenters. The highest BCUT2D eigenvalue weighted by atomic mass is 19.3. The van der Waals surface area contributed by atoms with Crippen LogP contribution in [0, 0.1) is 0 Å². The number of nitrogens with zero attached hydrogens (tertiary/aromatic N) is 2. The molecule has 0 aliphatic carbocycles. The lowest BCUT2D eigenvalue weighted by Gasteiger charge is -2.32. The van der Waals surface area contributed by atoms with Gasteiger partial charge >= 0.3 is 5.97 Å². The average Bonchev–Trinajstić information content (AvgIpc) is 2.47.